The largest absolute Gasteiger partial charge is 0.444 e. The molecule has 0 spiro atoms. The van der Waals surface area contributed by atoms with Crippen molar-refractivity contribution in [3.63, 3.8) is 0 Å². The molecule has 0 atom stereocenters. The summed E-state index contributed by atoms with van der Waals surface area (Å²) in [6, 6.07) is 6.60. The highest BCUT2D eigenvalue weighted by molar-refractivity contribution is 7.98. The molecule has 26 heavy (non-hydrogen) atoms. The van der Waals surface area contributed by atoms with Crippen LogP contribution in [0.4, 0.5) is 10.5 Å². The number of nitrogens with zero attached hydrogens (tertiary/aromatic N) is 2. The Morgan fingerprint density at radius 2 is 2.00 bits per heavy atom. The summed E-state index contributed by atoms with van der Waals surface area (Å²) in [7, 11) is 0. The van der Waals surface area contributed by atoms with E-state index in [0.29, 0.717) is 16.6 Å². The maximum absolute atomic E-state index is 11.9. The van der Waals surface area contributed by atoms with Gasteiger partial charge in [-0.2, -0.15) is 4.98 Å². The fourth-order valence-electron chi connectivity index (χ4n) is 1.87. The predicted octanol–water partition coefficient (Wildman–Crippen LogP) is 3.44. The fraction of sp³-hybridized carbons (Fsp3) is 0.294. The quantitative estimate of drug-likeness (QED) is 0.606. The number of rotatable bonds is 5. The van der Waals surface area contributed by atoms with Crippen LogP contribution in [0.1, 0.15) is 31.1 Å². The zero-order chi connectivity index (χ0) is 19.3. The molecule has 9 heteroatoms. The van der Waals surface area contributed by atoms with Crippen molar-refractivity contribution in [2.75, 3.05) is 11.6 Å². The number of carbonyl (C=O) groups excluding carboxylic acids is 2. The van der Waals surface area contributed by atoms with Crippen LogP contribution in [-0.4, -0.2) is 33.8 Å². The molecule has 2 aromatic rings. The summed E-state index contributed by atoms with van der Waals surface area (Å²) in [5.74, 6) is -0.284. The lowest BCUT2D eigenvalue weighted by Crippen LogP contribution is -2.27. The summed E-state index contributed by atoms with van der Waals surface area (Å²) in [5.41, 5.74) is 5.26. The molecule has 138 valence electrons. The normalized spacial score (nSPS) is 10.9. The zero-order valence-electron chi connectivity index (χ0n) is 14.9. The minimum atomic E-state index is -0.698. The van der Waals surface area contributed by atoms with E-state index < -0.39 is 17.6 Å². The van der Waals surface area contributed by atoms with Gasteiger partial charge in [-0.05, 0) is 39.2 Å². The fourth-order valence-corrected chi connectivity index (χ4v) is 2.20. The number of hydrogen-bond donors (Lipinski definition) is 2. The zero-order valence-corrected chi connectivity index (χ0v) is 15.7. The third-order valence-corrected chi connectivity index (χ3v) is 3.44. The molecule has 0 unspecified atom stereocenters. The highest BCUT2D eigenvalue weighted by Gasteiger charge is 2.17. The molecule has 0 aliphatic carbocycles. The molecule has 1 aromatic heterocycles. The maximum atomic E-state index is 11.9. The average Bonchev–Trinajstić information content (AvgIpc) is 2.52. The number of benzene rings is 1. The summed E-state index contributed by atoms with van der Waals surface area (Å²) in [4.78, 5) is 31.6. The van der Waals surface area contributed by atoms with Crippen LogP contribution in [-0.2, 0) is 4.74 Å². The van der Waals surface area contributed by atoms with E-state index in [1.54, 1.807) is 51.3 Å². The van der Waals surface area contributed by atoms with Crippen molar-refractivity contribution in [1.82, 2.24) is 9.97 Å². The third-order valence-electron chi connectivity index (χ3n) is 2.87. The second kappa shape index (κ2) is 8.05. The smallest absolute Gasteiger partial charge is 0.412 e. The van der Waals surface area contributed by atoms with Gasteiger partial charge in [-0.3, -0.25) is 10.1 Å². The number of anilines is 1. The molecule has 0 fully saturated rings. The van der Waals surface area contributed by atoms with Gasteiger partial charge in [0, 0.05) is 18.0 Å². The lowest BCUT2D eigenvalue weighted by molar-refractivity contribution is 0.0635. The number of thioether (sulfide) groups is 1. The van der Waals surface area contributed by atoms with Crippen molar-refractivity contribution < 1.29 is 19.1 Å². The van der Waals surface area contributed by atoms with Crippen LogP contribution in [0.5, 0.6) is 11.6 Å². The van der Waals surface area contributed by atoms with Crippen molar-refractivity contribution in [2.45, 2.75) is 31.5 Å². The topological polar surface area (TPSA) is 116 Å². The van der Waals surface area contributed by atoms with E-state index in [9.17, 15) is 9.59 Å². The van der Waals surface area contributed by atoms with E-state index in [4.69, 9.17) is 15.2 Å². The number of nitrogens with two attached hydrogens (primary N) is 1. The van der Waals surface area contributed by atoms with Gasteiger partial charge in [0.15, 0.2) is 5.16 Å². The van der Waals surface area contributed by atoms with E-state index >= 15 is 0 Å². The first-order valence-corrected chi connectivity index (χ1v) is 8.89. The van der Waals surface area contributed by atoms with Crippen molar-refractivity contribution in [3.8, 4) is 11.6 Å². The molecular weight excluding hydrogens is 356 g/mol. The van der Waals surface area contributed by atoms with E-state index in [2.05, 4.69) is 15.3 Å². The van der Waals surface area contributed by atoms with Gasteiger partial charge in [-0.1, -0.05) is 17.8 Å². The summed E-state index contributed by atoms with van der Waals surface area (Å²) < 4.78 is 10.9. The van der Waals surface area contributed by atoms with Crippen LogP contribution in [0.2, 0.25) is 0 Å². The predicted molar refractivity (Wildman–Crippen MR) is 98.7 cm³/mol. The molecule has 8 nitrogen and oxygen atoms in total. The molecule has 0 aliphatic rings. The van der Waals surface area contributed by atoms with E-state index in [1.165, 1.54) is 18.0 Å². The van der Waals surface area contributed by atoms with Crippen LogP contribution < -0.4 is 15.8 Å². The van der Waals surface area contributed by atoms with Crippen molar-refractivity contribution in [1.29, 1.82) is 0 Å². The molecule has 0 bridgehead atoms. The summed E-state index contributed by atoms with van der Waals surface area (Å²) in [6.07, 6.45) is 2.53. The van der Waals surface area contributed by atoms with Crippen LogP contribution in [0, 0.1) is 0 Å². The van der Waals surface area contributed by atoms with Crippen LogP contribution in [0.25, 0.3) is 0 Å². The molecular formula is C17H20N4O4S. The molecule has 3 N–H and O–H groups in total. The number of primary amides is 1. The minimum absolute atomic E-state index is 0.0475. The highest BCUT2D eigenvalue weighted by atomic mass is 32.2. The Bertz CT molecular complexity index is 821. The van der Waals surface area contributed by atoms with Crippen LogP contribution in [0.15, 0.2) is 35.6 Å². The number of ether oxygens (including phenoxy) is 2. The summed E-state index contributed by atoms with van der Waals surface area (Å²) in [5, 5.41) is 3.05. The first-order chi connectivity index (χ1) is 12.2. The van der Waals surface area contributed by atoms with Gasteiger partial charge in [0.2, 0.25) is 5.88 Å². The van der Waals surface area contributed by atoms with E-state index in [0.717, 1.165) is 0 Å². The minimum Gasteiger partial charge on any atom is -0.444 e. The summed E-state index contributed by atoms with van der Waals surface area (Å²) >= 11 is 1.30. The Kier molecular flexibility index (Phi) is 6.04. The second-order valence-corrected chi connectivity index (χ2v) is 6.97. The SMILES string of the molecule is CSc1ncc(C(N)=O)c(Oc2cccc(NC(=O)OC(C)(C)C)c2)n1. The van der Waals surface area contributed by atoms with Gasteiger partial charge in [-0.15, -0.1) is 0 Å². The summed E-state index contributed by atoms with van der Waals surface area (Å²) in [6.45, 7) is 5.32. The van der Waals surface area contributed by atoms with Crippen molar-refractivity contribution in [3.05, 3.63) is 36.0 Å². The maximum Gasteiger partial charge on any atom is 0.412 e. The molecule has 1 aromatic carbocycles. The second-order valence-electron chi connectivity index (χ2n) is 6.20. The number of aromatic nitrogens is 2. The molecule has 1 heterocycles. The highest BCUT2D eigenvalue weighted by Crippen LogP contribution is 2.27. The van der Waals surface area contributed by atoms with Crippen molar-refractivity contribution >= 4 is 29.4 Å². The Morgan fingerprint density at radius 1 is 1.27 bits per heavy atom. The monoisotopic (exact) mass is 376 g/mol. The van der Waals surface area contributed by atoms with Gasteiger partial charge in [0.1, 0.15) is 16.9 Å². The van der Waals surface area contributed by atoms with Gasteiger partial charge in [-0.25, -0.2) is 9.78 Å². The molecule has 2 rings (SSSR count). The third kappa shape index (κ3) is 5.62. The Hall–Kier alpha value is -2.81. The first kappa shape index (κ1) is 19.5. The Labute approximate surface area is 155 Å². The molecule has 0 saturated carbocycles. The number of carbonyl (C=O) groups is 2. The lowest BCUT2D eigenvalue weighted by Gasteiger charge is -2.19. The van der Waals surface area contributed by atoms with Gasteiger partial charge in [0.25, 0.3) is 5.91 Å². The van der Waals surface area contributed by atoms with E-state index in [-0.39, 0.29) is 11.4 Å². The number of hydrogen-bond acceptors (Lipinski definition) is 7. The molecule has 0 radical (unpaired) electrons. The standard InChI is InChI=1S/C17H20N4O4S/c1-17(2,3)25-16(23)20-10-6-5-7-11(8-10)24-14-12(13(18)22)9-19-15(21-14)26-4/h5-9H,1-4H3,(H2,18,22)(H,20,23). The average molecular weight is 376 g/mol. The molecule has 2 amide bonds. The van der Waals surface area contributed by atoms with Crippen molar-refractivity contribution in [2.24, 2.45) is 5.73 Å². The number of amides is 2. The van der Waals surface area contributed by atoms with E-state index in [1.807, 2.05) is 0 Å². The number of nitrogens with one attached hydrogen (secondary N) is 1. The van der Waals surface area contributed by atoms with Gasteiger partial charge >= 0.3 is 6.09 Å². The molecule has 0 aliphatic heterocycles. The Morgan fingerprint density at radius 3 is 2.62 bits per heavy atom. The molecule has 0 saturated heterocycles. The van der Waals surface area contributed by atoms with Crippen LogP contribution >= 0.6 is 11.8 Å². The lowest BCUT2D eigenvalue weighted by atomic mass is 10.2. The first-order valence-electron chi connectivity index (χ1n) is 7.66. The van der Waals surface area contributed by atoms with Crippen LogP contribution in [0.3, 0.4) is 0 Å². The Balaban J connectivity index is 2.21. The van der Waals surface area contributed by atoms with Gasteiger partial charge in [0.05, 0.1) is 0 Å². The van der Waals surface area contributed by atoms with Gasteiger partial charge < -0.3 is 15.2 Å².